The number of aryl methyl sites for hydroxylation is 1. The smallest absolute Gasteiger partial charge is 0.103 e. The monoisotopic (exact) mass is 193 g/mol. The fourth-order valence-corrected chi connectivity index (χ4v) is 1.83. The highest BCUT2D eigenvalue weighted by Crippen LogP contribution is 2.39. The van der Waals surface area contributed by atoms with Crippen LogP contribution in [-0.2, 0) is 6.54 Å². The van der Waals surface area contributed by atoms with E-state index in [4.69, 9.17) is 0 Å². The molecule has 0 saturated heterocycles. The number of nitrogens with zero attached hydrogens (tertiary/aromatic N) is 1. The van der Waals surface area contributed by atoms with E-state index < -0.39 is 0 Å². The SMILES string of the molecule is Cc1ncc(CNC(C)(C)C2CC2)[nH]1. The quantitative estimate of drug-likeness (QED) is 0.768. The van der Waals surface area contributed by atoms with Crippen LogP contribution in [0, 0.1) is 12.8 Å². The minimum atomic E-state index is 0.277. The van der Waals surface area contributed by atoms with E-state index in [1.807, 2.05) is 13.1 Å². The largest absolute Gasteiger partial charge is 0.345 e. The van der Waals surface area contributed by atoms with Crippen molar-refractivity contribution < 1.29 is 0 Å². The summed E-state index contributed by atoms with van der Waals surface area (Å²) in [5, 5.41) is 3.58. The van der Waals surface area contributed by atoms with Crippen molar-refractivity contribution in [3.8, 4) is 0 Å². The topological polar surface area (TPSA) is 40.7 Å². The molecule has 1 fully saturated rings. The van der Waals surface area contributed by atoms with Gasteiger partial charge in [-0.2, -0.15) is 0 Å². The average molecular weight is 193 g/mol. The molecule has 0 bridgehead atoms. The summed E-state index contributed by atoms with van der Waals surface area (Å²) in [6.45, 7) is 7.45. The van der Waals surface area contributed by atoms with Gasteiger partial charge < -0.3 is 10.3 Å². The first-order valence-corrected chi connectivity index (χ1v) is 5.33. The molecule has 1 saturated carbocycles. The molecule has 1 aliphatic rings. The predicted octanol–water partition coefficient (Wildman–Crippen LogP) is 2.00. The minimum Gasteiger partial charge on any atom is -0.345 e. The van der Waals surface area contributed by atoms with Gasteiger partial charge in [0.25, 0.3) is 0 Å². The first-order chi connectivity index (χ1) is 6.58. The van der Waals surface area contributed by atoms with Gasteiger partial charge >= 0.3 is 0 Å². The number of hydrogen-bond acceptors (Lipinski definition) is 2. The minimum absolute atomic E-state index is 0.277. The lowest BCUT2D eigenvalue weighted by molar-refractivity contribution is 0.338. The summed E-state index contributed by atoms with van der Waals surface area (Å²) in [4.78, 5) is 7.42. The van der Waals surface area contributed by atoms with E-state index in [1.54, 1.807) is 0 Å². The zero-order chi connectivity index (χ0) is 10.2. The third-order valence-electron chi connectivity index (χ3n) is 3.09. The molecule has 1 heterocycles. The van der Waals surface area contributed by atoms with Crippen LogP contribution in [0.4, 0.5) is 0 Å². The summed E-state index contributed by atoms with van der Waals surface area (Å²) in [7, 11) is 0. The molecule has 0 aliphatic heterocycles. The van der Waals surface area contributed by atoms with Crippen LogP contribution in [0.25, 0.3) is 0 Å². The van der Waals surface area contributed by atoms with Gasteiger partial charge in [-0.1, -0.05) is 0 Å². The molecule has 14 heavy (non-hydrogen) atoms. The molecule has 2 N–H and O–H groups in total. The number of H-pyrrole nitrogens is 1. The molecule has 0 unspecified atom stereocenters. The van der Waals surface area contributed by atoms with E-state index in [-0.39, 0.29) is 5.54 Å². The lowest BCUT2D eigenvalue weighted by Gasteiger charge is -2.25. The Morgan fingerprint density at radius 1 is 1.57 bits per heavy atom. The van der Waals surface area contributed by atoms with Crippen LogP contribution < -0.4 is 5.32 Å². The molecule has 0 amide bonds. The number of nitrogens with one attached hydrogen (secondary N) is 2. The van der Waals surface area contributed by atoms with Crippen LogP contribution in [0.3, 0.4) is 0 Å². The van der Waals surface area contributed by atoms with E-state index in [0.29, 0.717) is 0 Å². The van der Waals surface area contributed by atoms with Crippen molar-refractivity contribution in [3.63, 3.8) is 0 Å². The first-order valence-electron chi connectivity index (χ1n) is 5.33. The molecular weight excluding hydrogens is 174 g/mol. The maximum atomic E-state index is 4.18. The average Bonchev–Trinajstić information content (AvgIpc) is 2.89. The Morgan fingerprint density at radius 2 is 2.29 bits per heavy atom. The van der Waals surface area contributed by atoms with E-state index in [9.17, 15) is 0 Å². The maximum Gasteiger partial charge on any atom is 0.103 e. The Morgan fingerprint density at radius 3 is 2.79 bits per heavy atom. The highest BCUT2D eigenvalue weighted by atomic mass is 15.0. The standard InChI is InChI=1S/C11H19N3/c1-8-12-6-10(14-8)7-13-11(2,3)9-4-5-9/h6,9,13H,4-5,7H2,1-3H3,(H,12,14). The van der Waals surface area contributed by atoms with Gasteiger partial charge in [0.1, 0.15) is 5.82 Å². The highest BCUT2D eigenvalue weighted by Gasteiger charge is 2.37. The van der Waals surface area contributed by atoms with Gasteiger partial charge in [0.2, 0.25) is 0 Å². The van der Waals surface area contributed by atoms with Gasteiger partial charge in [-0.05, 0) is 39.5 Å². The van der Waals surface area contributed by atoms with Crippen molar-refractivity contribution in [2.45, 2.75) is 45.7 Å². The highest BCUT2D eigenvalue weighted by molar-refractivity contribution is 5.02. The Hall–Kier alpha value is -0.830. The molecular formula is C11H19N3. The van der Waals surface area contributed by atoms with Crippen molar-refractivity contribution in [2.24, 2.45) is 5.92 Å². The molecule has 0 radical (unpaired) electrons. The summed E-state index contributed by atoms with van der Waals surface area (Å²) in [5.41, 5.74) is 1.45. The van der Waals surface area contributed by atoms with Gasteiger partial charge in [0, 0.05) is 24.0 Å². The Labute approximate surface area is 85.3 Å². The number of hydrogen-bond donors (Lipinski definition) is 2. The van der Waals surface area contributed by atoms with Gasteiger partial charge in [0.15, 0.2) is 0 Å². The fraction of sp³-hybridized carbons (Fsp3) is 0.727. The zero-order valence-corrected chi connectivity index (χ0v) is 9.22. The number of rotatable bonds is 4. The molecule has 1 aliphatic carbocycles. The van der Waals surface area contributed by atoms with Gasteiger partial charge in [-0.15, -0.1) is 0 Å². The summed E-state index contributed by atoms with van der Waals surface area (Å²) >= 11 is 0. The van der Waals surface area contributed by atoms with E-state index in [1.165, 1.54) is 18.5 Å². The molecule has 78 valence electrons. The van der Waals surface area contributed by atoms with Crippen LogP contribution >= 0.6 is 0 Å². The molecule has 3 heteroatoms. The molecule has 1 aromatic rings. The van der Waals surface area contributed by atoms with Crippen LogP contribution in [-0.4, -0.2) is 15.5 Å². The Balaban J connectivity index is 1.87. The van der Waals surface area contributed by atoms with Crippen LogP contribution in [0.5, 0.6) is 0 Å². The van der Waals surface area contributed by atoms with Crippen LogP contribution in [0.2, 0.25) is 0 Å². The second-order valence-corrected chi connectivity index (χ2v) is 4.84. The Bertz CT molecular complexity index is 310. The lowest BCUT2D eigenvalue weighted by atomic mass is 9.99. The number of aromatic amines is 1. The van der Waals surface area contributed by atoms with Crippen LogP contribution in [0.1, 0.15) is 38.2 Å². The van der Waals surface area contributed by atoms with Crippen molar-refractivity contribution in [1.82, 2.24) is 15.3 Å². The number of aromatic nitrogens is 2. The third kappa shape index (κ3) is 2.15. The normalized spacial score (nSPS) is 17.4. The molecule has 1 aromatic heterocycles. The van der Waals surface area contributed by atoms with E-state index in [0.717, 1.165) is 18.3 Å². The van der Waals surface area contributed by atoms with Crippen molar-refractivity contribution >= 4 is 0 Å². The second kappa shape index (κ2) is 3.39. The third-order valence-corrected chi connectivity index (χ3v) is 3.09. The number of imidazole rings is 1. The van der Waals surface area contributed by atoms with E-state index in [2.05, 4.69) is 29.1 Å². The molecule has 2 rings (SSSR count). The molecule has 0 spiro atoms. The fourth-order valence-electron chi connectivity index (χ4n) is 1.83. The van der Waals surface area contributed by atoms with Gasteiger partial charge in [-0.3, -0.25) is 0 Å². The summed E-state index contributed by atoms with van der Waals surface area (Å²) in [6, 6.07) is 0. The van der Waals surface area contributed by atoms with Crippen LogP contribution in [0.15, 0.2) is 6.20 Å². The maximum absolute atomic E-state index is 4.18. The van der Waals surface area contributed by atoms with Gasteiger partial charge in [-0.25, -0.2) is 4.98 Å². The first kappa shape index (κ1) is 9.71. The zero-order valence-electron chi connectivity index (χ0n) is 9.22. The van der Waals surface area contributed by atoms with Gasteiger partial charge in [0.05, 0.1) is 0 Å². The van der Waals surface area contributed by atoms with Crippen molar-refractivity contribution in [1.29, 1.82) is 0 Å². The summed E-state index contributed by atoms with van der Waals surface area (Å²) in [5.74, 6) is 1.86. The van der Waals surface area contributed by atoms with Crippen molar-refractivity contribution in [3.05, 3.63) is 17.7 Å². The summed E-state index contributed by atoms with van der Waals surface area (Å²) in [6.07, 6.45) is 4.66. The molecule has 0 atom stereocenters. The predicted molar refractivity (Wildman–Crippen MR) is 57.0 cm³/mol. The molecule has 0 aromatic carbocycles. The van der Waals surface area contributed by atoms with E-state index >= 15 is 0 Å². The molecule has 3 nitrogen and oxygen atoms in total. The lowest BCUT2D eigenvalue weighted by Crippen LogP contribution is -2.40. The summed E-state index contributed by atoms with van der Waals surface area (Å²) < 4.78 is 0. The Kier molecular flexibility index (Phi) is 2.35. The second-order valence-electron chi connectivity index (χ2n) is 4.84. The van der Waals surface area contributed by atoms with Crippen molar-refractivity contribution in [2.75, 3.05) is 0 Å².